The van der Waals surface area contributed by atoms with Gasteiger partial charge in [0, 0.05) is 33.2 Å². The van der Waals surface area contributed by atoms with Gasteiger partial charge in [-0.05, 0) is 12.8 Å². The summed E-state index contributed by atoms with van der Waals surface area (Å²) in [6.07, 6.45) is 4.99. The minimum atomic E-state index is -3.30. The second kappa shape index (κ2) is 8.50. The number of carbonyl (C=O) groups is 4. The Bertz CT molecular complexity index is 829. The molecule has 3 aliphatic rings. The van der Waals surface area contributed by atoms with E-state index in [0.717, 1.165) is 30.4 Å². The molecular weight excluding hydrogens is 416 g/mol. The highest BCUT2D eigenvalue weighted by atomic mass is 32.2. The number of esters is 1. The van der Waals surface area contributed by atoms with Gasteiger partial charge < -0.3 is 14.5 Å². The van der Waals surface area contributed by atoms with Crippen molar-refractivity contribution >= 4 is 33.8 Å². The number of rotatable bonds is 5. The summed E-state index contributed by atoms with van der Waals surface area (Å²) in [7, 11) is -1.72. The van der Waals surface area contributed by atoms with Gasteiger partial charge in [0.25, 0.3) is 11.8 Å². The molecule has 1 spiro atoms. The van der Waals surface area contributed by atoms with E-state index in [9.17, 15) is 27.6 Å². The summed E-state index contributed by atoms with van der Waals surface area (Å²) in [5, 5.41) is 0. The average molecular weight is 445 g/mol. The van der Waals surface area contributed by atoms with Gasteiger partial charge in [0.2, 0.25) is 10.0 Å². The Kier molecular flexibility index (Phi) is 6.37. The SMILES string of the molecule is CN1C(=O)N(CC(=O)OCC(=O)N2CCN(S(C)(=O)=O)CC2)C(=O)C12CCCCC2. The largest absolute Gasteiger partial charge is 0.454 e. The standard InChI is InChI=1S/C18H28N4O7S/c1-19-17(26)22(16(25)18(19)6-4-3-5-7-18)12-15(24)29-13-14(23)20-8-10-21(11-9-20)30(2,27)28/h3-13H2,1-2H3. The van der Waals surface area contributed by atoms with Gasteiger partial charge in [0.15, 0.2) is 6.61 Å². The van der Waals surface area contributed by atoms with E-state index >= 15 is 0 Å². The second-order valence-corrected chi connectivity index (χ2v) is 10.0. The number of urea groups is 1. The van der Waals surface area contributed by atoms with E-state index in [1.54, 1.807) is 7.05 Å². The molecule has 11 nitrogen and oxygen atoms in total. The third kappa shape index (κ3) is 4.29. The molecule has 3 rings (SSSR count). The molecule has 0 atom stereocenters. The number of amides is 4. The van der Waals surface area contributed by atoms with Crippen molar-refractivity contribution < 1.29 is 32.3 Å². The van der Waals surface area contributed by atoms with Crippen molar-refractivity contribution in [2.45, 2.75) is 37.6 Å². The first-order valence-corrected chi connectivity index (χ1v) is 11.9. The molecule has 0 aromatic rings. The molecule has 1 saturated carbocycles. The van der Waals surface area contributed by atoms with Crippen LogP contribution in [0.25, 0.3) is 0 Å². The fourth-order valence-corrected chi connectivity index (χ4v) is 5.18. The number of imide groups is 1. The Morgan fingerprint density at radius 2 is 1.63 bits per heavy atom. The second-order valence-electron chi connectivity index (χ2n) is 8.03. The molecular formula is C18H28N4O7S. The predicted octanol–water partition coefficient (Wildman–Crippen LogP) is -0.770. The van der Waals surface area contributed by atoms with Crippen molar-refractivity contribution in [3.05, 3.63) is 0 Å². The maximum absolute atomic E-state index is 12.9. The molecule has 30 heavy (non-hydrogen) atoms. The lowest BCUT2D eigenvalue weighted by molar-refractivity contribution is -0.154. The molecule has 0 aromatic heterocycles. The van der Waals surface area contributed by atoms with E-state index in [1.165, 1.54) is 14.1 Å². The van der Waals surface area contributed by atoms with Crippen molar-refractivity contribution in [3.8, 4) is 0 Å². The summed E-state index contributed by atoms with van der Waals surface area (Å²) in [4.78, 5) is 53.6. The first kappa shape index (κ1) is 22.5. The Labute approximate surface area is 175 Å². The lowest BCUT2D eigenvalue weighted by atomic mass is 9.81. The Balaban J connectivity index is 1.49. The van der Waals surface area contributed by atoms with Crippen molar-refractivity contribution in [3.63, 3.8) is 0 Å². The number of ether oxygens (including phenoxy) is 1. The highest BCUT2D eigenvalue weighted by molar-refractivity contribution is 7.88. The number of hydrogen-bond donors (Lipinski definition) is 0. The van der Waals surface area contributed by atoms with Crippen LogP contribution >= 0.6 is 0 Å². The van der Waals surface area contributed by atoms with Gasteiger partial charge in [-0.25, -0.2) is 13.2 Å². The van der Waals surface area contributed by atoms with Crippen LogP contribution in [-0.2, 0) is 29.1 Å². The van der Waals surface area contributed by atoms with Crippen LogP contribution in [0.3, 0.4) is 0 Å². The van der Waals surface area contributed by atoms with Crippen molar-refractivity contribution in [2.75, 3.05) is 52.6 Å². The van der Waals surface area contributed by atoms with Crippen LogP contribution in [-0.4, -0.2) is 109 Å². The summed E-state index contributed by atoms with van der Waals surface area (Å²) in [6, 6.07) is -0.526. The molecule has 2 saturated heterocycles. The zero-order valence-corrected chi connectivity index (χ0v) is 18.1. The number of carbonyl (C=O) groups excluding carboxylic acids is 4. The van der Waals surface area contributed by atoms with Crippen LogP contribution in [0.15, 0.2) is 0 Å². The zero-order chi connectivity index (χ0) is 22.1. The highest BCUT2D eigenvalue weighted by Gasteiger charge is 2.56. The van der Waals surface area contributed by atoms with Gasteiger partial charge in [-0.1, -0.05) is 19.3 Å². The first-order valence-electron chi connectivity index (χ1n) is 10.0. The number of likely N-dealkylation sites (N-methyl/N-ethyl adjacent to an activating group) is 1. The number of hydrogen-bond acceptors (Lipinski definition) is 7. The zero-order valence-electron chi connectivity index (χ0n) is 17.3. The van der Waals surface area contributed by atoms with Gasteiger partial charge in [-0.15, -0.1) is 0 Å². The summed E-state index contributed by atoms with van der Waals surface area (Å²) in [5.41, 5.74) is -0.870. The smallest absolute Gasteiger partial charge is 0.327 e. The molecule has 2 aliphatic heterocycles. The van der Waals surface area contributed by atoms with Crippen molar-refractivity contribution in [1.29, 1.82) is 0 Å². The fraction of sp³-hybridized carbons (Fsp3) is 0.778. The van der Waals surface area contributed by atoms with E-state index < -0.39 is 46.6 Å². The van der Waals surface area contributed by atoms with Gasteiger partial charge in [-0.2, -0.15) is 4.31 Å². The van der Waals surface area contributed by atoms with Gasteiger partial charge in [-0.3, -0.25) is 19.3 Å². The summed E-state index contributed by atoms with van der Waals surface area (Å²) >= 11 is 0. The summed E-state index contributed by atoms with van der Waals surface area (Å²) in [6.45, 7) is -0.263. The van der Waals surface area contributed by atoms with Crippen LogP contribution in [0.4, 0.5) is 4.79 Å². The van der Waals surface area contributed by atoms with E-state index in [1.807, 2.05) is 0 Å². The van der Waals surface area contributed by atoms with Gasteiger partial charge >= 0.3 is 12.0 Å². The van der Waals surface area contributed by atoms with E-state index in [0.29, 0.717) is 12.8 Å². The molecule has 0 radical (unpaired) electrons. The molecule has 1 aliphatic carbocycles. The maximum Gasteiger partial charge on any atom is 0.327 e. The van der Waals surface area contributed by atoms with Crippen LogP contribution < -0.4 is 0 Å². The molecule has 168 valence electrons. The minimum absolute atomic E-state index is 0.184. The third-order valence-electron chi connectivity index (χ3n) is 6.19. The van der Waals surface area contributed by atoms with Crippen LogP contribution in [0, 0.1) is 0 Å². The van der Waals surface area contributed by atoms with Crippen LogP contribution in [0.2, 0.25) is 0 Å². The normalized spacial score (nSPS) is 22.7. The number of piperazine rings is 1. The summed E-state index contributed by atoms with van der Waals surface area (Å²) in [5.74, 6) is -1.66. The first-order chi connectivity index (χ1) is 14.1. The summed E-state index contributed by atoms with van der Waals surface area (Å²) < 4.78 is 29.3. The van der Waals surface area contributed by atoms with Crippen LogP contribution in [0.1, 0.15) is 32.1 Å². The van der Waals surface area contributed by atoms with E-state index in [2.05, 4.69) is 0 Å². The minimum Gasteiger partial charge on any atom is -0.454 e. The topological polar surface area (TPSA) is 125 Å². The molecule has 0 N–H and O–H groups in total. The highest BCUT2D eigenvalue weighted by Crippen LogP contribution is 2.39. The average Bonchev–Trinajstić information content (AvgIpc) is 2.88. The van der Waals surface area contributed by atoms with E-state index in [4.69, 9.17) is 4.74 Å². The van der Waals surface area contributed by atoms with Crippen molar-refractivity contribution in [1.82, 2.24) is 19.0 Å². The molecule has 2 heterocycles. The fourth-order valence-electron chi connectivity index (χ4n) is 4.35. The number of sulfonamides is 1. The Hall–Kier alpha value is -2.21. The quantitative estimate of drug-likeness (QED) is 0.403. The van der Waals surface area contributed by atoms with Crippen molar-refractivity contribution in [2.24, 2.45) is 0 Å². The maximum atomic E-state index is 12.9. The lowest BCUT2D eigenvalue weighted by Gasteiger charge is -2.35. The van der Waals surface area contributed by atoms with Crippen LogP contribution in [0.5, 0.6) is 0 Å². The third-order valence-corrected chi connectivity index (χ3v) is 7.49. The van der Waals surface area contributed by atoms with E-state index in [-0.39, 0.29) is 32.1 Å². The van der Waals surface area contributed by atoms with Gasteiger partial charge in [0.05, 0.1) is 6.26 Å². The number of nitrogens with zero attached hydrogens (tertiary/aromatic N) is 4. The Morgan fingerprint density at radius 3 is 2.20 bits per heavy atom. The predicted molar refractivity (Wildman–Crippen MR) is 105 cm³/mol. The molecule has 0 aromatic carbocycles. The monoisotopic (exact) mass is 444 g/mol. The Morgan fingerprint density at radius 1 is 1.03 bits per heavy atom. The molecule has 3 fully saturated rings. The molecule has 4 amide bonds. The van der Waals surface area contributed by atoms with Gasteiger partial charge in [0.1, 0.15) is 12.1 Å². The lowest BCUT2D eigenvalue weighted by Crippen LogP contribution is -2.51. The molecule has 0 unspecified atom stereocenters. The molecule has 12 heteroatoms. The molecule has 0 bridgehead atoms.